The molecule has 0 unspecified atom stereocenters. The second-order valence-electron chi connectivity index (χ2n) is 6.93. The zero-order chi connectivity index (χ0) is 18.4. The van der Waals surface area contributed by atoms with Crippen molar-refractivity contribution < 1.29 is 19.4 Å². The highest BCUT2D eigenvalue weighted by Crippen LogP contribution is 2.28. The fourth-order valence-corrected chi connectivity index (χ4v) is 3.33. The van der Waals surface area contributed by atoms with E-state index in [1.165, 1.54) is 18.6 Å². The van der Waals surface area contributed by atoms with E-state index in [2.05, 4.69) is 20.6 Å². The van der Waals surface area contributed by atoms with Crippen molar-refractivity contribution in [2.75, 3.05) is 13.2 Å². The maximum Gasteiger partial charge on any atom is 0.271 e. The van der Waals surface area contributed by atoms with Gasteiger partial charge >= 0.3 is 0 Å². The average molecular weight is 362 g/mol. The Labute approximate surface area is 152 Å². The van der Waals surface area contributed by atoms with E-state index in [9.17, 15) is 14.7 Å². The van der Waals surface area contributed by atoms with Crippen LogP contribution in [0, 0.1) is 5.92 Å². The Kier molecular flexibility index (Phi) is 6.51. The molecule has 2 fully saturated rings. The molecule has 8 heteroatoms. The molecule has 1 saturated heterocycles. The van der Waals surface area contributed by atoms with E-state index in [-0.39, 0.29) is 42.2 Å². The second-order valence-corrected chi connectivity index (χ2v) is 6.93. The van der Waals surface area contributed by atoms with E-state index in [1.54, 1.807) is 0 Å². The Morgan fingerprint density at radius 1 is 1.23 bits per heavy atom. The summed E-state index contributed by atoms with van der Waals surface area (Å²) in [6, 6.07) is -0.140. The SMILES string of the molecule is O=C(NCC[C@@H]1CC[C@@H](NC(=O)C2CCC2)[C@@H](CO)O1)c1cnccn1. The van der Waals surface area contributed by atoms with Gasteiger partial charge in [0, 0.05) is 24.9 Å². The first-order chi connectivity index (χ1) is 12.7. The zero-order valence-corrected chi connectivity index (χ0v) is 14.8. The van der Waals surface area contributed by atoms with Crippen LogP contribution in [0.25, 0.3) is 0 Å². The number of amides is 2. The fraction of sp³-hybridized carbons (Fsp3) is 0.667. The largest absolute Gasteiger partial charge is 0.394 e. The van der Waals surface area contributed by atoms with Gasteiger partial charge in [-0.3, -0.25) is 14.6 Å². The quantitative estimate of drug-likeness (QED) is 0.648. The molecule has 142 valence electrons. The standard InChI is InChI=1S/C18H26N4O4/c23-11-16-14(22-17(24)12-2-1-3-12)5-4-13(26-16)6-7-21-18(25)15-10-19-8-9-20-15/h8-10,12-14,16,23H,1-7,11H2,(H,21,25)(H,22,24)/t13-,14+,16+/m0/s1. The molecule has 3 atom stereocenters. The van der Waals surface area contributed by atoms with Crippen LogP contribution in [0.5, 0.6) is 0 Å². The zero-order valence-electron chi connectivity index (χ0n) is 14.8. The van der Waals surface area contributed by atoms with Gasteiger partial charge in [0.05, 0.1) is 24.9 Å². The summed E-state index contributed by atoms with van der Waals surface area (Å²) in [5.41, 5.74) is 0.282. The van der Waals surface area contributed by atoms with Gasteiger partial charge in [-0.05, 0) is 32.1 Å². The van der Waals surface area contributed by atoms with Crippen molar-refractivity contribution in [1.29, 1.82) is 0 Å². The molecule has 1 saturated carbocycles. The van der Waals surface area contributed by atoms with Gasteiger partial charge in [-0.15, -0.1) is 0 Å². The number of rotatable bonds is 7. The van der Waals surface area contributed by atoms with Crippen molar-refractivity contribution in [2.24, 2.45) is 5.92 Å². The lowest BCUT2D eigenvalue weighted by atomic mass is 9.84. The van der Waals surface area contributed by atoms with Crippen molar-refractivity contribution in [3.8, 4) is 0 Å². The first-order valence-electron chi connectivity index (χ1n) is 9.28. The van der Waals surface area contributed by atoms with Crippen LogP contribution in [-0.2, 0) is 9.53 Å². The molecule has 0 aromatic carbocycles. The number of hydrogen-bond acceptors (Lipinski definition) is 6. The molecule has 3 rings (SSSR count). The predicted octanol–water partition coefficient (Wildman–Crippen LogP) is 0.421. The van der Waals surface area contributed by atoms with E-state index in [4.69, 9.17) is 4.74 Å². The van der Waals surface area contributed by atoms with Crippen LogP contribution in [0.4, 0.5) is 0 Å². The molecule has 0 spiro atoms. The molecular formula is C18H26N4O4. The third-order valence-electron chi connectivity index (χ3n) is 5.15. The number of aliphatic hydroxyl groups excluding tert-OH is 1. The van der Waals surface area contributed by atoms with Crippen molar-refractivity contribution in [1.82, 2.24) is 20.6 Å². The highest BCUT2D eigenvalue weighted by molar-refractivity contribution is 5.91. The summed E-state index contributed by atoms with van der Waals surface area (Å²) in [6.07, 6.45) is 9.19. The monoisotopic (exact) mass is 362 g/mol. The smallest absolute Gasteiger partial charge is 0.271 e. The lowest BCUT2D eigenvalue weighted by Crippen LogP contribution is -2.53. The fourth-order valence-electron chi connectivity index (χ4n) is 3.33. The minimum Gasteiger partial charge on any atom is -0.394 e. The van der Waals surface area contributed by atoms with Gasteiger partial charge in [0.2, 0.25) is 5.91 Å². The van der Waals surface area contributed by atoms with Gasteiger partial charge in [0.15, 0.2) is 0 Å². The molecule has 1 aliphatic carbocycles. The maximum atomic E-state index is 12.1. The van der Waals surface area contributed by atoms with Crippen LogP contribution in [0.1, 0.15) is 49.0 Å². The molecule has 2 amide bonds. The minimum atomic E-state index is -0.395. The van der Waals surface area contributed by atoms with E-state index in [0.29, 0.717) is 13.0 Å². The molecule has 3 N–H and O–H groups in total. The summed E-state index contributed by atoms with van der Waals surface area (Å²) in [5.74, 6) is -0.0559. The number of nitrogens with one attached hydrogen (secondary N) is 2. The van der Waals surface area contributed by atoms with Crippen LogP contribution in [-0.4, -0.2) is 58.3 Å². The number of carbonyl (C=O) groups excluding carboxylic acids is 2. The topological polar surface area (TPSA) is 113 Å². The van der Waals surface area contributed by atoms with Crippen LogP contribution >= 0.6 is 0 Å². The van der Waals surface area contributed by atoms with Gasteiger partial charge in [0.25, 0.3) is 5.91 Å². The summed E-state index contributed by atoms with van der Waals surface area (Å²) in [7, 11) is 0. The molecule has 1 aromatic rings. The number of aliphatic hydroxyl groups is 1. The minimum absolute atomic E-state index is 0.0498. The molecule has 26 heavy (non-hydrogen) atoms. The number of aromatic nitrogens is 2. The van der Waals surface area contributed by atoms with Crippen LogP contribution in [0.3, 0.4) is 0 Å². The first-order valence-corrected chi connectivity index (χ1v) is 9.28. The summed E-state index contributed by atoms with van der Waals surface area (Å²) < 4.78 is 5.92. The number of carbonyl (C=O) groups is 2. The molecule has 1 aliphatic heterocycles. The van der Waals surface area contributed by atoms with Gasteiger partial charge < -0.3 is 20.5 Å². The second kappa shape index (κ2) is 9.05. The summed E-state index contributed by atoms with van der Waals surface area (Å²) in [6.45, 7) is 0.329. The molecule has 2 heterocycles. The van der Waals surface area contributed by atoms with Gasteiger partial charge in [-0.1, -0.05) is 6.42 Å². The lowest BCUT2D eigenvalue weighted by molar-refractivity contribution is -0.134. The molecule has 1 aromatic heterocycles. The Morgan fingerprint density at radius 3 is 2.73 bits per heavy atom. The normalized spacial score (nSPS) is 26.0. The van der Waals surface area contributed by atoms with E-state index < -0.39 is 6.10 Å². The number of hydrogen-bond donors (Lipinski definition) is 3. The van der Waals surface area contributed by atoms with Gasteiger partial charge in [-0.25, -0.2) is 4.98 Å². The molecule has 8 nitrogen and oxygen atoms in total. The van der Waals surface area contributed by atoms with Crippen LogP contribution < -0.4 is 10.6 Å². The lowest BCUT2D eigenvalue weighted by Gasteiger charge is -2.37. The van der Waals surface area contributed by atoms with Crippen LogP contribution in [0.2, 0.25) is 0 Å². The predicted molar refractivity (Wildman–Crippen MR) is 93.2 cm³/mol. The molecule has 0 radical (unpaired) electrons. The molecule has 2 aliphatic rings. The molecular weight excluding hydrogens is 336 g/mol. The number of nitrogens with zero attached hydrogens (tertiary/aromatic N) is 2. The Bertz CT molecular complexity index is 608. The number of ether oxygens (including phenoxy) is 1. The summed E-state index contributed by atoms with van der Waals surface area (Å²) >= 11 is 0. The first kappa shape index (κ1) is 18.7. The van der Waals surface area contributed by atoms with Gasteiger partial charge in [0.1, 0.15) is 11.8 Å². The Morgan fingerprint density at radius 2 is 2.08 bits per heavy atom. The third kappa shape index (κ3) is 4.76. The van der Waals surface area contributed by atoms with Crippen molar-refractivity contribution >= 4 is 11.8 Å². The van der Waals surface area contributed by atoms with E-state index in [1.807, 2.05) is 0 Å². The highest BCUT2D eigenvalue weighted by Gasteiger charge is 2.34. The van der Waals surface area contributed by atoms with E-state index in [0.717, 1.165) is 32.1 Å². The van der Waals surface area contributed by atoms with Crippen molar-refractivity contribution in [3.05, 3.63) is 24.3 Å². The summed E-state index contributed by atoms with van der Waals surface area (Å²) in [5, 5.41) is 15.4. The van der Waals surface area contributed by atoms with Gasteiger partial charge in [-0.2, -0.15) is 0 Å². The Hall–Kier alpha value is -2.06. The molecule has 0 bridgehead atoms. The van der Waals surface area contributed by atoms with Crippen LogP contribution in [0.15, 0.2) is 18.6 Å². The maximum absolute atomic E-state index is 12.1. The Balaban J connectivity index is 1.40. The average Bonchev–Trinajstić information content (AvgIpc) is 2.62. The summed E-state index contributed by atoms with van der Waals surface area (Å²) in [4.78, 5) is 31.9. The highest BCUT2D eigenvalue weighted by atomic mass is 16.5. The van der Waals surface area contributed by atoms with Crippen molar-refractivity contribution in [3.63, 3.8) is 0 Å². The van der Waals surface area contributed by atoms with Crippen molar-refractivity contribution in [2.45, 2.75) is 56.8 Å². The van der Waals surface area contributed by atoms with E-state index >= 15 is 0 Å². The third-order valence-corrected chi connectivity index (χ3v) is 5.15.